The zero-order chi connectivity index (χ0) is 14.8. The van der Waals surface area contributed by atoms with Crippen molar-refractivity contribution in [3.8, 4) is 0 Å². The molecule has 1 aromatic rings. The van der Waals surface area contributed by atoms with Crippen molar-refractivity contribution in [3.05, 3.63) is 35.9 Å². The van der Waals surface area contributed by atoms with Gasteiger partial charge in [-0.3, -0.25) is 0 Å². The summed E-state index contributed by atoms with van der Waals surface area (Å²) in [6, 6.07) is 8.67. The minimum Gasteiger partial charge on any atom is -0.394 e. The number of rotatable bonds is 8. The van der Waals surface area contributed by atoms with Crippen LogP contribution in [0.5, 0.6) is 0 Å². The van der Waals surface area contributed by atoms with Crippen molar-refractivity contribution in [1.82, 2.24) is 10.6 Å². The molecule has 0 radical (unpaired) electrons. The maximum absolute atomic E-state index is 11.7. The summed E-state index contributed by atoms with van der Waals surface area (Å²) < 4.78 is 5.37. The molecule has 0 saturated heterocycles. The van der Waals surface area contributed by atoms with Crippen LogP contribution in [0.3, 0.4) is 0 Å². The van der Waals surface area contributed by atoms with E-state index in [0.29, 0.717) is 25.7 Å². The van der Waals surface area contributed by atoms with Crippen LogP contribution in [0, 0.1) is 5.92 Å². The highest BCUT2D eigenvalue weighted by Gasteiger charge is 2.12. The summed E-state index contributed by atoms with van der Waals surface area (Å²) in [6.45, 7) is 5.64. The molecule has 0 saturated carbocycles. The molecule has 1 rings (SSSR count). The van der Waals surface area contributed by atoms with E-state index in [4.69, 9.17) is 4.74 Å². The lowest BCUT2D eigenvalue weighted by Crippen LogP contribution is -2.40. The number of amides is 2. The monoisotopic (exact) mass is 280 g/mol. The van der Waals surface area contributed by atoms with Crippen molar-refractivity contribution >= 4 is 6.03 Å². The highest BCUT2D eigenvalue weighted by Crippen LogP contribution is 2.10. The molecule has 0 aliphatic carbocycles. The number of carbonyl (C=O) groups excluding carboxylic acids is 1. The second-order valence-electron chi connectivity index (χ2n) is 5.01. The van der Waals surface area contributed by atoms with E-state index in [1.165, 1.54) is 0 Å². The Bertz CT molecular complexity index is 382. The molecule has 0 fully saturated rings. The van der Waals surface area contributed by atoms with E-state index >= 15 is 0 Å². The van der Waals surface area contributed by atoms with Gasteiger partial charge >= 0.3 is 6.03 Å². The molecule has 5 heteroatoms. The third kappa shape index (κ3) is 6.54. The molecule has 20 heavy (non-hydrogen) atoms. The van der Waals surface area contributed by atoms with Gasteiger partial charge in [-0.1, -0.05) is 44.2 Å². The second-order valence-corrected chi connectivity index (χ2v) is 5.01. The van der Waals surface area contributed by atoms with Gasteiger partial charge in [0, 0.05) is 13.2 Å². The Kier molecular flexibility index (Phi) is 7.69. The normalized spacial score (nSPS) is 12.2. The molecule has 0 aliphatic rings. The Balaban J connectivity index is 2.26. The van der Waals surface area contributed by atoms with Crippen LogP contribution in [-0.2, 0) is 4.74 Å². The number of ether oxygens (including phenoxy) is 1. The molecule has 0 aromatic heterocycles. The van der Waals surface area contributed by atoms with E-state index < -0.39 is 6.04 Å². The average Bonchev–Trinajstić information content (AvgIpc) is 2.45. The quantitative estimate of drug-likeness (QED) is 0.635. The number of aliphatic hydroxyl groups excluding tert-OH is 1. The molecule has 1 atom stereocenters. The van der Waals surface area contributed by atoms with E-state index in [9.17, 15) is 9.90 Å². The van der Waals surface area contributed by atoms with Crippen LogP contribution in [-0.4, -0.2) is 37.5 Å². The Morgan fingerprint density at radius 3 is 2.60 bits per heavy atom. The number of benzene rings is 1. The Morgan fingerprint density at radius 1 is 1.30 bits per heavy atom. The lowest BCUT2D eigenvalue weighted by molar-refractivity contribution is 0.112. The maximum Gasteiger partial charge on any atom is 0.315 e. The summed E-state index contributed by atoms with van der Waals surface area (Å²) in [5, 5.41) is 14.8. The standard InChI is InChI=1S/C15H24N2O3/c1-12(2)11-20-9-8-16-15(19)17-14(10-18)13-6-4-3-5-7-13/h3-7,12,14,18H,8-11H2,1-2H3,(H2,16,17,19). The van der Waals surface area contributed by atoms with E-state index in [1.54, 1.807) is 0 Å². The number of hydrogen-bond acceptors (Lipinski definition) is 3. The maximum atomic E-state index is 11.7. The van der Waals surface area contributed by atoms with E-state index in [2.05, 4.69) is 24.5 Å². The molecule has 0 bridgehead atoms. The Hall–Kier alpha value is -1.59. The first kappa shape index (κ1) is 16.5. The number of hydrogen-bond donors (Lipinski definition) is 3. The first-order chi connectivity index (χ1) is 9.63. The van der Waals surface area contributed by atoms with E-state index in [0.717, 1.165) is 5.56 Å². The summed E-state index contributed by atoms with van der Waals surface area (Å²) in [7, 11) is 0. The van der Waals surface area contributed by atoms with Gasteiger partial charge in [-0.25, -0.2) is 4.79 Å². The smallest absolute Gasteiger partial charge is 0.315 e. The van der Waals surface area contributed by atoms with Gasteiger partial charge in [0.25, 0.3) is 0 Å². The van der Waals surface area contributed by atoms with Gasteiger partial charge in [-0.05, 0) is 11.5 Å². The first-order valence-corrected chi connectivity index (χ1v) is 6.91. The molecule has 5 nitrogen and oxygen atoms in total. The lowest BCUT2D eigenvalue weighted by Gasteiger charge is -2.17. The number of aliphatic hydroxyl groups is 1. The van der Waals surface area contributed by atoms with Crippen LogP contribution < -0.4 is 10.6 Å². The van der Waals surface area contributed by atoms with Gasteiger partial charge < -0.3 is 20.5 Å². The molecule has 0 spiro atoms. The van der Waals surface area contributed by atoms with Gasteiger partial charge in [0.15, 0.2) is 0 Å². The summed E-state index contributed by atoms with van der Waals surface area (Å²) in [5.41, 5.74) is 0.876. The second kappa shape index (κ2) is 9.34. The minimum atomic E-state index is -0.396. The fourth-order valence-electron chi connectivity index (χ4n) is 1.68. The van der Waals surface area contributed by atoms with E-state index in [-0.39, 0.29) is 12.6 Å². The molecular formula is C15H24N2O3. The Labute approximate surface area is 120 Å². The van der Waals surface area contributed by atoms with Gasteiger partial charge in [0.05, 0.1) is 19.3 Å². The molecule has 1 unspecified atom stereocenters. The number of carbonyl (C=O) groups is 1. The summed E-state index contributed by atoms with van der Waals surface area (Å²) in [4.78, 5) is 11.7. The van der Waals surface area contributed by atoms with Crippen LogP contribution in [0.15, 0.2) is 30.3 Å². The molecule has 3 N–H and O–H groups in total. The molecule has 2 amide bonds. The van der Waals surface area contributed by atoms with Crippen molar-refractivity contribution in [1.29, 1.82) is 0 Å². The summed E-state index contributed by atoms with van der Waals surface area (Å²) in [5.74, 6) is 0.487. The van der Waals surface area contributed by atoms with Crippen LogP contribution in [0.1, 0.15) is 25.5 Å². The fourth-order valence-corrected chi connectivity index (χ4v) is 1.68. The van der Waals surface area contributed by atoms with Crippen molar-refractivity contribution in [2.75, 3.05) is 26.4 Å². The van der Waals surface area contributed by atoms with Crippen molar-refractivity contribution in [2.24, 2.45) is 5.92 Å². The lowest BCUT2D eigenvalue weighted by atomic mass is 10.1. The SMILES string of the molecule is CC(C)COCCNC(=O)NC(CO)c1ccccc1. The van der Waals surface area contributed by atoms with Crippen LogP contribution in [0.25, 0.3) is 0 Å². The molecule has 0 heterocycles. The minimum absolute atomic E-state index is 0.138. The van der Waals surface area contributed by atoms with Gasteiger partial charge in [-0.2, -0.15) is 0 Å². The highest BCUT2D eigenvalue weighted by molar-refractivity contribution is 5.74. The van der Waals surface area contributed by atoms with Crippen molar-refractivity contribution in [2.45, 2.75) is 19.9 Å². The largest absolute Gasteiger partial charge is 0.394 e. The first-order valence-electron chi connectivity index (χ1n) is 6.91. The number of urea groups is 1. The van der Waals surface area contributed by atoms with E-state index in [1.807, 2.05) is 30.3 Å². The topological polar surface area (TPSA) is 70.6 Å². The van der Waals surface area contributed by atoms with Gasteiger partial charge in [0.2, 0.25) is 0 Å². The average molecular weight is 280 g/mol. The van der Waals surface area contributed by atoms with Crippen molar-refractivity contribution in [3.63, 3.8) is 0 Å². The zero-order valence-electron chi connectivity index (χ0n) is 12.1. The molecule has 0 aliphatic heterocycles. The zero-order valence-corrected chi connectivity index (χ0v) is 12.1. The van der Waals surface area contributed by atoms with Gasteiger partial charge in [-0.15, -0.1) is 0 Å². The highest BCUT2D eigenvalue weighted by atomic mass is 16.5. The summed E-state index contributed by atoms with van der Waals surface area (Å²) >= 11 is 0. The molecular weight excluding hydrogens is 256 g/mol. The van der Waals surface area contributed by atoms with Crippen molar-refractivity contribution < 1.29 is 14.6 Å². The third-order valence-corrected chi connectivity index (χ3v) is 2.67. The van der Waals surface area contributed by atoms with Crippen LogP contribution in [0.2, 0.25) is 0 Å². The van der Waals surface area contributed by atoms with Crippen LogP contribution >= 0.6 is 0 Å². The fraction of sp³-hybridized carbons (Fsp3) is 0.533. The predicted octanol–water partition coefficient (Wildman–Crippen LogP) is 1.69. The summed E-state index contributed by atoms with van der Waals surface area (Å²) in [6.07, 6.45) is 0. The molecule has 1 aromatic carbocycles. The number of nitrogens with one attached hydrogen (secondary N) is 2. The Morgan fingerprint density at radius 2 is 2.00 bits per heavy atom. The third-order valence-electron chi connectivity index (χ3n) is 2.67. The molecule has 112 valence electrons. The van der Waals surface area contributed by atoms with Crippen LogP contribution in [0.4, 0.5) is 4.79 Å². The predicted molar refractivity (Wildman–Crippen MR) is 78.5 cm³/mol. The van der Waals surface area contributed by atoms with Gasteiger partial charge in [0.1, 0.15) is 0 Å².